The number of hydrogen-bond acceptors (Lipinski definition) is 5. The van der Waals surface area contributed by atoms with Gasteiger partial charge in [0.2, 0.25) is 9.84 Å². The van der Waals surface area contributed by atoms with Gasteiger partial charge >= 0.3 is 0 Å². The van der Waals surface area contributed by atoms with Gasteiger partial charge in [-0.1, -0.05) is 26.0 Å². The Labute approximate surface area is 161 Å². The minimum Gasteiger partial charge on any atom is -0.384 e. The van der Waals surface area contributed by atoms with Crippen LogP contribution in [-0.4, -0.2) is 23.0 Å². The highest BCUT2D eigenvalue weighted by atomic mass is 32.2. The molecule has 0 aliphatic carbocycles. The van der Waals surface area contributed by atoms with E-state index in [-0.39, 0.29) is 27.0 Å². The van der Waals surface area contributed by atoms with Gasteiger partial charge in [-0.25, -0.2) is 22.8 Å². The van der Waals surface area contributed by atoms with E-state index in [2.05, 4.69) is 9.97 Å². The molecular weight excluding hydrogens is 379 g/mol. The molecule has 0 amide bonds. The number of fused-ring (bicyclic) bond motifs is 2. The van der Waals surface area contributed by atoms with E-state index in [1.165, 1.54) is 12.1 Å². The summed E-state index contributed by atoms with van der Waals surface area (Å²) in [7, 11) is -4.01. The number of rotatable bonds is 4. The number of nitrogen functional groups attached to an aromatic ring is 1. The summed E-state index contributed by atoms with van der Waals surface area (Å²) < 4.78 is 41.6. The second-order valence-corrected chi connectivity index (χ2v) is 8.95. The zero-order valence-corrected chi connectivity index (χ0v) is 16.2. The summed E-state index contributed by atoms with van der Waals surface area (Å²) in [6, 6.07) is 11.9. The lowest BCUT2D eigenvalue weighted by atomic mass is 10.2. The van der Waals surface area contributed by atoms with Gasteiger partial charge < -0.3 is 10.3 Å². The van der Waals surface area contributed by atoms with Crippen LogP contribution in [0, 0.1) is 11.7 Å². The second-order valence-electron chi connectivity index (χ2n) is 7.06. The highest BCUT2D eigenvalue weighted by Gasteiger charge is 2.30. The van der Waals surface area contributed by atoms with Crippen LogP contribution in [0.5, 0.6) is 0 Å². The number of sulfone groups is 1. The van der Waals surface area contributed by atoms with Crippen molar-refractivity contribution in [2.24, 2.45) is 5.92 Å². The second kappa shape index (κ2) is 6.56. The lowest BCUT2D eigenvalue weighted by molar-refractivity contribution is 0.535. The van der Waals surface area contributed by atoms with Gasteiger partial charge in [-0.3, -0.25) is 0 Å². The highest BCUT2D eigenvalue weighted by Crippen LogP contribution is 2.35. The maximum Gasteiger partial charge on any atom is 0.212 e. The van der Waals surface area contributed by atoms with Gasteiger partial charge in [0, 0.05) is 6.54 Å². The Morgan fingerprint density at radius 2 is 1.64 bits per heavy atom. The first kappa shape index (κ1) is 18.4. The fourth-order valence-electron chi connectivity index (χ4n) is 3.24. The molecule has 28 heavy (non-hydrogen) atoms. The van der Waals surface area contributed by atoms with Crippen LogP contribution < -0.4 is 5.73 Å². The van der Waals surface area contributed by atoms with Gasteiger partial charge in [0.25, 0.3) is 0 Å². The predicted molar refractivity (Wildman–Crippen MR) is 106 cm³/mol. The zero-order valence-electron chi connectivity index (χ0n) is 15.4. The molecule has 2 aromatic carbocycles. The molecule has 0 saturated carbocycles. The van der Waals surface area contributed by atoms with Crippen molar-refractivity contribution in [1.82, 2.24) is 14.5 Å². The van der Waals surface area contributed by atoms with Gasteiger partial charge in [0.05, 0.1) is 15.9 Å². The highest BCUT2D eigenvalue weighted by molar-refractivity contribution is 7.92. The molecular formula is C20H19FN4O2S. The van der Waals surface area contributed by atoms with Crippen LogP contribution in [0.2, 0.25) is 0 Å². The molecule has 4 aromatic rings. The Kier molecular flexibility index (Phi) is 4.30. The summed E-state index contributed by atoms with van der Waals surface area (Å²) in [6.07, 6.45) is 0. The molecule has 2 aromatic heterocycles. The van der Waals surface area contributed by atoms with Crippen molar-refractivity contribution in [1.29, 1.82) is 0 Å². The van der Waals surface area contributed by atoms with Gasteiger partial charge in [-0.15, -0.1) is 0 Å². The summed E-state index contributed by atoms with van der Waals surface area (Å²) in [5, 5.41) is 0. The van der Waals surface area contributed by atoms with E-state index in [1.54, 1.807) is 10.6 Å². The molecule has 0 bridgehead atoms. The molecule has 0 saturated heterocycles. The number of benzene rings is 2. The Morgan fingerprint density at radius 1 is 1.04 bits per heavy atom. The molecule has 4 rings (SSSR count). The Balaban J connectivity index is 2.08. The van der Waals surface area contributed by atoms with Crippen LogP contribution in [0.1, 0.15) is 13.8 Å². The smallest absolute Gasteiger partial charge is 0.212 e. The molecule has 6 nitrogen and oxygen atoms in total. The third-order valence-corrected chi connectivity index (χ3v) is 6.32. The molecule has 2 heterocycles. The number of nitrogens with two attached hydrogens (primary N) is 1. The summed E-state index contributed by atoms with van der Waals surface area (Å²) in [5.74, 6) is -0.212. The first-order chi connectivity index (χ1) is 13.3. The predicted octanol–water partition coefficient (Wildman–Crippen LogP) is 3.79. The maximum atomic E-state index is 13.3. The number of halogens is 1. The van der Waals surface area contributed by atoms with Gasteiger partial charge in [0.15, 0.2) is 5.65 Å². The summed E-state index contributed by atoms with van der Waals surface area (Å²) in [6.45, 7) is 4.51. The van der Waals surface area contributed by atoms with E-state index in [0.29, 0.717) is 23.2 Å². The minimum atomic E-state index is -4.01. The maximum absolute atomic E-state index is 13.3. The molecule has 0 fully saturated rings. The van der Waals surface area contributed by atoms with E-state index in [9.17, 15) is 12.8 Å². The van der Waals surface area contributed by atoms with Crippen LogP contribution in [0.25, 0.3) is 22.2 Å². The quantitative estimate of drug-likeness (QED) is 0.528. The van der Waals surface area contributed by atoms with Crippen molar-refractivity contribution in [3.05, 3.63) is 54.3 Å². The summed E-state index contributed by atoms with van der Waals surface area (Å²) in [4.78, 5) is 9.06. The Morgan fingerprint density at radius 3 is 2.25 bits per heavy atom. The first-order valence-electron chi connectivity index (χ1n) is 8.84. The molecule has 0 radical (unpaired) electrons. The van der Waals surface area contributed by atoms with E-state index >= 15 is 0 Å². The Bertz CT molecular complexity index is 1300. The van der Waals surface area contributed by atoms with Crippen LogP contribution in [-0.2, 0) is 16.4 Å². The van der Waals surface area contributed by atoms with Crippen molar-refractivity contribution < 1.29 is 12.8 Å². The molecule has 8 heteroatoms. The standard InChI is InChI=1S/C20H19FN4O2S/c1-12(2)11-25-19(22)18(28(26,27)14-9-7-13(21)8-10-14)17-20(25)24-16-6-4-3-5-15(16)23-17/h3-10,12H,11,22H2,1-2H3. The largest absolute Gasteiger partial charge is 0.384 e. The van der Waals surface area contributed by atoms with E-state index in [4.69, 9.17) is 5.73 Å². The average molecular weight is 398 g/mol. The van der Waals surface area contributed by atoms with Crippen LogP contribution >= 0.6 is 0 Å². The van der Waals surface area contributed by atoms with E-state index in [0.717, 1.165) is 12.1 Å². The fraction of sp³-hybridized carbons (Fsp3) is 0.200. The topological polar surface area (TPSA) is 90.9 Å². The van der Waals surface area contributed by atoms with E-state index in [1.807, 2.05) is 32.0 Å². The minimum absolute atomic E-state index is 0.0424. The van der Waals surface area contributed by atoms with Gasteiger partial charge in [-0.05, 0) is 42.3 Å². The number of nitrogens with zero attached hydrogens (tertiary/aromatic N) is 3. The van der Waals surface area contributed by atoms with Gasteiger partial charge in [-0.2, -0.15) is 0 Å². The van der Waals surface area contributed by atoms with Crippen molar-refractivity contribution in [2.75, 3.05) is 5.73 Å². The van der Waals surface area contributed by atoms with Crippen LogP contribution in [0.4, 0.5) is 10.2 Å². The van der Waals surface area contributed by atoms with Crippen molar-refractivity contribution in [3.8, 4) is 0 Å². The Hall–Kier alpha value is -3.00. The van der Waals surface area contributed by atoms with Crippen molar-refractivity contribution >= 4 is 37.9 Å². The molecule has 144 valence electrons. The monoisotopic (exact) mass is 398 g/mol. The SMILES string of the molecule is CC(C)Cn1c(N)c(S(=O)(=O)c2ccc(F)cc2)c2nc3ccccc3nc21. The van der Waals surface area contributed by atoms with E-state index < -0.39 is 15.7 Å². The summed E-state index contributed by atoms with van der Waals surface area (Å²) >= 11 is 0. The summed E-state index contributed by atoms with van der Waals surface area (Å²) in [5.41, 5.74) is 8.19. The number of anilines is 1. The molecule has 0 unspecified atom stereocenters. The molecule has 0 aliphatic rings. The fourth-order valence-corrected chi connectivity index (χ4v) is 4.74. The lowest BCUT2D eigenvalue weighted by Gasteiger charge is -2.10. The lowest BCUT2D eigenvalue weighted by Crippen LogP contribution is -2.10. The van der Waals surface area contributed by atoms with Crippen molar-refractivity contribution in [2.45, 2.75) is 30.2 Å². The molecule has 0 spiro atoms. The number of aromatic nitrogens is 3. The average Bonchev–Trinajstić information content (AvgIpc) is 2.91. The van der Waals surface area contributed by atoms with Crippen LogP contribution in [0.3, 0.4) is 0 Å². The third-order valence-electron chi connectivity index (χ3n) is 4.49. The van der Waals surface area contributed by atoms with Crippen molar-refractivity contribution in [3.63, 3.8) is 0 Å². The zero-order chi connectivity index (χ0) is 20.1. The van der Waals surface area contributed by atoms with Crippen LogP contribution in [0.15, 0.2) is 58.3 Å². The molecule has 0 aliphatic heterocycles. The van der Waals surface area contributed by atoms with Gasteiger partial charge in [0.1, 0.15) is 22.0 Å². The number of hydrogen-bond donors (Lipinski definition) is 1. The third kappa shape index (κ3) is 2.90. The molecule has 0 atom stereocenters. The number of para-hydroxylation sites is 2. The normalized spacial score (nSPS) is 12.3. The first-order valence-corrected chi connectivity index (χ1v) is 10.3. The molecule has 2 N–H and O–H groups in total.